The highest BCUT2D eigenvalue weighted by Gasteiger charge is 2.47. The Morgan fingerprint density at radius 1 is 0.852 bits per heavy atom. The van der Waals surface area contributed by atoms with E-state index in [0.717, 1.165) is 44.6 Å². The van der Waals surface area contributed by atoms with Crippen molar-refractivity contribution < 1.29 is 14.8 Å². The molecule has 0 spiro atoms. The molecule has 11 heteroatoms. The second kappa shape index (κ2) is 7.91. The van der Waals surface area contributed by atoms with E-state index < -0.39 is 38.2 Å². The molecule has 0 N–H and O–H groups in total. The fraction of sp³-hybridized carbons (Fsp3) is 0.688. The van der Waals surface area contributed by atoms with Gasteiger partial charge in [0.25, 0.3) is 5.70 Å². The topological polar surface area (TPSA) is 136 Å². The Kier molecular flexibility index (Phi) is 5.59. The average molecular weight is 380 g/mol. The van der Waals surface area contributed by atoms with Crippen molar-refractivity contribution in [3.05, 3.63) is 59.6 Å². The Labute approximate surface area is 155 Å². The molecule has 11 nitrogen and oxygen atoms in total. The molecule has 27 heavy (non-hydrogen) atoms. The van der Waals surface area contributed by atoms with Gasteiger partial charge < -0.3 is 4.90 Å². The van der Waals surface area contributed by atoms with E-state index in [2.05, 4.69) is 0 Å². The lowest BCUT2D eigenvalue weighted by Crippen LogP contribution is -2.50. The van der Waals surface area contributed by atoms with E-state index in [4.69, 9.17) is 0 Å². The van der Waals surface area contributed by atoms with Gasteiger partial charge in [0.1, 0.15) is 17.8 Å². The summed E-state index contributed by atoms with van der Waals surface area (Å²) in [6, 6.07) is -1.66. The molecule has 2 fully saturated rings. The highest BCUT2D eigenvalue weighted by molar-refractivity contribution is 5.41. The lowest BCUT2D eigenvalue weighted by molar-refractivity contribution is -0.488. The standard InChI is InChI=1S/C16H22N5O6/c22-19(23)12-11-13(20(24)25)15(18-9-5-2-6-10-18)16(21(26)27)14(12)17-7-3-1-4-8-17/h11,14H,1-10H2/q-1. The Hall–Kier alpha value is -2.69. The highest BCUT2D eigenvalue weighted by Crippen LogP contribution is 2.38. The van der Waals surface area contributed by atoms with Gasteiger partial charge in [-0.15, -0.1) is 0 Å². The molecule has 0 radical (unpaired) electrons. The third-order valence-corrected chi connectivity index (χ3v) is 5.34. The van der Waals surface area contributed by atoms with Gasteiger partial charge >= 0.3 is 0 Å². The monoisotopic (exact) mass is 380 g/mol. The summed E-state index contributed by atoms with van der Waals surface area (Å²) in [4.78, 5) is 36.5. The summed E-state index contributed by atoms with van der Waals surface area (Å²) in [5, 5.41) is 35.3. The summed E-state index contributed by atoms with van der Waals surface area (Å²) in [5.41, 5.74) is -1.05. The fourth-order valence-corrected chi connectivity index (χ4v) is 4.14. The van der Waals surface area contributed by atoms with Crippen LogP contribution >= 0.6 is 0 Å². The molecule has 0 saturated carbocycles. The molecule has 2 saturated heterocycles. The Morgan fingerprint density at radius 2 is 1.41 bits per heavy atom. The van der Waals surface area contributed by atoms with Gasteiger partial charge in [-0.1, -0.05) is 12.5 Å². The van der Waals surface area contributed by atoms with Crippen molar-refractivity contribution in [2.75, 3.05) is 26.2 Å². The summed E-state index contributed by atoms with van der Waals surface area (Å²) in [7, 11) is 0. The molecule has 0 aromatic carbocycles. The van der Waals surface area contributed by atoms with E-state index >= 15 is 0 Å². The number of piperidine rings is 2. The first kappa shape index (κ1) is 19.1. The van der Waals surface area contributed by atoms with Gasteiger partial charge in [0.05, 0.1) is 4.92 Å². The van der Waals surface area contributed by atoms with Crippen molar-refractivity contribution in [3.8, 4) is 0 Å². The third-order valence-electron chi connectivity index (χ3n) is 5.34. The molecular formula is C16H22N5O6-. The maximum absolute atomic E-state index is 12.0. The van der Waals surface area contributed by atoms with Crippen molar-refractivity contribution >= 4 is 0 Å². The highest BCUT2D eigenvalue weighted by atomic mass is 16.6. The predicted octanol–water partition coefficient (Wildman–Crippen LogP) is 1.80. The zero-order valence-corrected chi connectivity index (χ0v) is 14.9. The number of rotatable bonds is 5. The first-order valence-corrected chi connectivity index (χ1v) is 9.17. The van der Waals surface area contributed by atoms with Crippen LogP contribution in [0.3, 0.4) is 0 Å². The molecule has 148 valence electrons. The van der Waals surface area contributed by atoms with E-state index in [0.29, 0.717) is 26.2 Å². The molecule has 0 aromatic heterocycles. The van der Waals surface area contributed by atoms with E-state index in [9.17, 15) is 30.3 Å². The van der Waals surface area contributed by atoms with Gasteiger partial charge in [-0.25, -0.2) is 0 Å². The first-order chi connectivity index (χ1) is 12.9. The van der Waals surface area contributed by atoms with Crippen molar-refractivity contribution in [1.29, 1.82) is 0 Å². The Morgan fingerprint density at radius 3 is 1.89 bits per heavy atom. The summed E-state index contributed by atoms with van der Waals surface area (Å²) >= 11 is 0. The Bertz CT molecular complexity index is 693. The summed E-state index contributed by atoms with van der Waals surface area (Å²) in [6.45, 7) is 1.93. The van der Waals surface area contributed by atoms with Crippen LogP contribution in [-0.4, -0.2) is 56.8 Å². The normalized spacial score (nSPS) is 24.6. The van der Waals surface area contributed by atoms with Gasteiger partial charge in [0, 0.05) is 13.1 Å². The van der Waals surface area contributed by atoms with Gasteiger partial charge in [0.15, 0.2) is 5.70 Å². The maximum atomic E-state index is 12.0. The predicted molar refractivity (Wildman–Crippen MR) is 94.0 cm³/mol. The van der Waals surface area contributed by atoms with Crippen LogP contribution in [0.1, 0.15) is 38.5 Å². The number of hydrogen-bond acceptors (Lipinski definition) is 8. The first-order valence-electron chi connectivity index (χ1n) is 9.17. The SMILES string of the molecule is O=[N+]([O-])C1=C[C-]([N+](=O)[O-])C(N2CCCCC2)C([N+](=O)[O-])=C1N1CCCCC1. The van der Waals surface area contributed by atoms with Crippen molar-refractivity contribution in [2.45, 2.75) is 44.6 Å². The van der Waals surface area contributed by atoms with Crippen LogP contribution in [0.4, 0.5) is 0 Å². The van der Waals surface area contributed by atoms with Crippen molar-refractivity contribution in [1.82, 2.24) is 9.80 Å². The van der Waals surface area contributed by atoms with Crippen LogP contribution in [-0.2, 0) is 0 Å². The lowest BCUT2D eigenvalue weighted by Gasteiger charge is -2.41. The number of hydrogen-bond donors (Lipinski definition) is 0. The molecular weight excluding hydrogens is 358 g/mol. The molecule has 3 aliphatic rings. The smallest absolute Gasteiger partial charge is 0.268 e. The number of likely N-dealkylation sites (tertiary alicyclic amines) is 2. The summed E-state index contributed by atoms with van der Waals surface area (Å²) < 4.78 is 0. The molecule has 1 unspecified atom stereocenters. The van der Waals surface area contributed by atoms with Crippen LogP contribution in [0.15, 0.2) is 23.2 Å². The van der Waals surface area contributed by atoms with Gasteiger partial charge in [0.2, 0.25) is 0 Å². The molecule has 0 amide bonds. The number of nitro groups is 3. The van der Waals surface area contributed by atoms with Gasteiger partial charge in [-0.3, -0.25) is 35.2 Å². The second-order valence-corrected chi connectivity index (χ2v) is 7.01. The van der Waals surface area contributed by atoms with Crippen LogP contribution in [0.25, 0.3) is 0 Å². The molecule has 1 atom stereocenters. The maximum Gasteiger partial charge on any atom is 0.268 e. The minimum absolute atomic E-state index is 0.0640. The zero-order valence-electron chi connectivity index (χ0n) is 14.9. The molecule has 1 aliphatic carbocycles. The summed E-state index contributed by atoms with van der Waals surface area (Å²) in [6.07, 6.45) is 5.98. The minimum Gasteiger partial charge on any atom is -0.376 e. The van der Waals surface area contributed by atoms with E-state index in [1.165, 1.54) is 0 Å². The zero-order chi connectivity index (χ0) is 19.6. The second-order valence-electron chi connectivity index (χ2n) is 7.01. The quantitative estimate of drug-likeness (QED) is 0.400. The van der Waals surface area contributed by atoms with Crippen LogP contribution in [0.5, 0.6) is 0 Å². The summed E-state index contributed by atoms with van der Waals surface area (Å²) in [5.74, 6) is 0. The van der Waals surface area contributed by atoms with Crippen molar-refractivity contribution in [3.63, 3.8) is 0 Å². The molecule has 2 heterocycles. The van der Waals surface area contributed by atoms with E-state index in [1.807, 2.05) is 0 Å². The molecule has 0 bridgehead atoms. The molecule has 0 aromatic rings. The van der Waals surface area contributed by atoms with Crippen LogP contribution < -0.4 is 0 Å². The average Bonchev–Trinajstić information content (AvgIpc) is 2.67. The number of nitrogens with zero attached hydrogens (tertiary/aromatic N) is 5. The minimum atomic E-state index is -1.17. The van der Waals surface area contributed by atoms with Crippen molar-refractivity contribution in [2.24, 2.45) is 0 Å². The molecule has 3 rings (SSSR count). The van der Waals surface area contributed by atoms with Crippen LogP contribution in [0.2, 0.25) is 0 Å². The van der Waals surface area contributed by atoms with Crippen LogP contribution in [0, 0.1) is 36.4 Å². The Balaban J connectivity index is 2.15. The van der Waals surface area contributed by atoms with Gasteiger partial charge in [-0.05, 0) is 55.0 Å². The molecule has 2 aliphatic heterocycles. The third kappa shape index (κ3) is 3.72. The van der Waals surface area contributed by atoms with E-state index in [-0.39, 0.29) is 5.70 Å². The van der Waals surface area contributed by atoms with Gasteiger partial charge in [-0.2, -0.15) is 0 Å². The lowest BCUT2D eigenvalue weighted by atomic mass is 9.91. The van der Waals surface area contributed by atoms with E-state index in [1.54, 1.807) is 9.80 Å². The largest absolute Gasteiger partial charge is 0.376 e. The fourth-order valence-electron chi connectivity index (χ4n) is 4.14.